The molecule has 27 heavy (non-hydrogen) atoms. The van der Waals surface area contributed by atoms with Crippen molar-refractivity contribution in [3.8, 4) is 0 Å². The Balaban J connectivity index is 1.94. The number of amides is 2. The van der Waals surface area contributed by atoms with Crippen LogP contribution < -0.4 is 9.62 Å². The van der Waals surface area contributed by atoms with Gasteiger partial charge in [-0.2, -0.15) is 0 Å². The van der Waals surface area contributed by atoms with Crippen LogP contribution in [0.5, 0.6) is 0 Å². The zero-order chi connectivity index (χ0) is 19.9. The van der Waals surface area contributed by atoms with Crippen molar-refractivity contribution in [1.29, 1.82) is 0 Å². The van der Waals surface area contributed by atoms with Gasteiger partial charge in [-0.1, -0.05) is 30.1 Å². The second kappa shape index (κ2) is 7.10. The Morgan fingerprint density at radius 1 is 1.19 bits per heavy atom. The molecular weight excluding hydrogens is 418 g/mol. The fourth-order valence-corrected chi connectivity index (χ4v) is 4.92. The summed E-state index contributed by atoms with van der Waals surface area (Å²) in [6.07, 6.45) is 0. The molecule has 3 rings (SSSR count). The number of anilines is 2. The lowest BCUT2D eigenvalue weighted by molar-refractivity contribution is -0.119. The lowest BCUT2D eigenvalue weighted by atomic mass is 10.1. The van der Waals surface area contributed by atoms with Crippen LogP contribution in [0.3, 0.4) is 0 Å². The molecule has 10 heteroatoms. The molecule has 0 aliphatic carbocycles. The van der Waals surface area contributed by atoms with E-state index in [0.717, 1.165) is 6.07 Å². The smallest absolute Gasteiger partial charge is 0.255 e. The normalized spacial score (nSPS) is 18.6. The number of halogens is 3. The maximum Gasteiger partial charge on any atom is 0.255 e. The van der Waals surface area contributed by atoms with Gasteiger partial charge in [0.2, 0.25) is 15.9 Å². The van der Waals surface area contributed by atoms with Crippen molar-refractivity contribution >= 4 is 56.4 Å². The van der Waals surface area contributed by atoms with E-state index in [1.54, 1.807) is 0 Å². The largest absolute Gasteiger partial charge is 0.322 e. The van der Waals surface area contributed by atoms with Crippen molar-refractivity contribution in [2.45, 2.75) is 6.92 Å². The monoisotopic (exact) mass is 430 g/mol. The topological polar surface area (TPSA) is 83.6 Å². The third-order valence-corrected chi connectivity index (χ3v) is 6.43. The van der Waals surface area contributed by atoms with Gasteiger partial charge in [-0.05, 0) is 36.4 Å². The Hall–Kier alpha value is -2.16. The van der Waals surface area contributed by atoms with Gasteiger partial charge >= 0.3 is 0 Å². The van der Waals surface area contributed by atoms with Crippen molar-refractivity contribution in [3.05, 3.63) is 57.8 Å². The fourth-order valence-electron chi connectivity index (χ4n) is 2.65. The van der Waals surface area contributed by atoms with Crippen LogP contribution in [0.1, 0.15) is 17.3 Å². The third-order valence-electron chi connectivity index (χ3n) is 3.97. The summed E-state index contributed by atoms with van der Waals surface area (Å²) in [6.45, 7) is 1.50. The van der Waals surface area contributed by atoms with Crippen LogP contribution >= 0.6 is 23.2 Å². The summed E-state index contributed by atoms with van der Waals surface area (Å²) in [4.78, 5) is 24.7. The summed E-state index contributed by atoms with van der Waals surface area (Å²) in [5.74, 6) is -2.88. The summed E-state index contributed by atoms with van der Waals surface area (Å²) in [5, 5.41) is 2.37. The van der Waals surface area contributed by atoms with E-state index >= 15 is 0 Å². The average Bonchev–Trinajstić information content (AvgIpc) is 2.79. The molecule has 1 aliphatic rings. The lowest BCUT2D eigenvalue weighted by Crippen LogP contribution is -2.30. The molecule has 1 aliphatic heterocycles. The highest BCUT2D eigenvalue weighted by Crippen LogP contribution is 2.34. The minimum atomic E-state index is -3.86. The highest BCUT2D eigenvalue weighted by molar-refractivity contribution is 7.94. The van der Waals surface area contributed by atoms with E-state index in [4.69, 9.17) is 23.2 Å². The van der Waals surface area contributed by atoms with E-state index in [9.17, 15) is 22.4 Å². The number of sulfonamides is 1. The highest BCUT2D eigenvalue weighted by atomic mass is 35.5. The van der Waals surface area contributed by atoms with Crippen molar-refractivity contribution in [2.24, 2.45) is 5.92 Å². The van der Waals surface area contributed by atoms with Crippen LogP contribution in [0.25, 0.3) is 0 Å². The molecule has 6 nitrogen and oxygen atoms in total. The number of nitrogens with one attached hydrogen (secondary N) is 1. The van der Waals surface area contributed by atoms with Crippen molar-refractivity contribution in [3.63, 3.8) is 0 Å². The first-order valence-corrected chi connectivity index (χ1v) is 10.1. The SMILES string of the molecule is CC1CS(=O)(=O)N(c2cc(C(=O)Nc3ccc(F)c(Cl)c3)ccc2Cl)C1=O. The number of hydrogen-bond donors (Lipinski definition) is 1. The van der Waals surface area contributed by atoms with Crippen molar-refractivity contribution < 1.29 is 22.4 Å². The quantitative estimate of drug-likeness (QED) is 0.804. The molecule has 1 N–H and O–H groups in total. The summed E-state index contributed by atoms with van der Waals surface area (Å²) in [7, 11) is -3.86. The maximum absolute atomic E-state index is 13.2. The van der Waals surface area contributed by atoms with Gasteiger partial charge in [-0.3, -0.25) is 9.59 Å². The zero-order valence-electron chi connectivity index (χ0n) is 13.9. The molecule has 0 bridgehead atoms. The third kappa shape index (κ3) is 3.78. The Morgan fingerprint density at radius 3 is 2.48 bits per heavy atom. The number of hydrogen-bond acceptors (Lipinski definition) is 4. The van der Waals surface area contributed by atoms with E-state index in [1.807, 2.05) is 0 Å². The van der Waals surface area contributed by atoms with Crippen molar-refractivity contribution in [2.75, 3.05) is 15.4 Å². The first-order valence-electron chi connectivity index (χ1n) is 7.73. The van der Waals surface area contributed by atoms with Crippen LogP contribution in [-0.4, -0.2) is 26.0 Å². The molecule has 0 aromatic heterocycles. The molecule has 1 saturated heterocycles. The molecule has 0 spiro atoms. The Labute approximate surface area is 164 Å². The molecule has 142 valence electrons. The maximum atomic E-state index is 13.2. The number of benzene rings is 2. The predicted molar refractivity (Wildman–Crippen MR) is 101 cm³/mol. The van der Waals surface area contributed by atoms with Gasteiger partial charge in [0.15, 0.2) is 0 Å². The van der Waals surface area contributed by atoms with Gasteiger partial charge < -0.3 is 5.32 Å². The molecule has 1 unspecified atom stereocenters. The van der Waals surface area contributed by atoms with Gasteiger partial charge in [0.25, 0.3) is 5.91 Å². The molecule has 0 radical (unpaired) electrons. The number of rotatable bonds is 3. The average molecular weight is 431 g/mol. The van der Waals surface area contributed by atoms with Crippen LogP contribution in [0.15, 0.2) is 36.4 Å². The fraction of sp³-hybridized carbons (Fsp3) is 0.176. The van der Waals surface area contributed by atoms with Gasteiger partial charge in [0, 0.05) is 11.3 Å². The molecule has 2 amide bonds. The van der Waals surface area contributed by atoms with Crippen LogP contribution in [-0.2, 0) is 14.8 Å². The molecular formula is C17H13Cl2FN2O4S. The van der Waals surface area contributed by atoms with Crippen LogP contribution in [0.4, 0.5) is 15.8 Å². The van der Waals surface area contributed by atoms with Gasteiger partial charge in [0.1, 0.15) is 5.82 Å². The molecule has 2 aromatic carbocycles. The number of carbonyl (C=O) groups excluding carboxylic acids is 2. The summed E-state index contributed by atoms with van der Waals surface area (Å²) in [5.41, 5.74) is 0.231. The van der Waals surface area contributed by atoms with Crippen molar-refractivity contribution in [1.82, 2.24) is 0 Å². The Kier molecular flexibility index (Phi) is 5.16. The summed E-state index contributed by atoms with van der Waals surface area (Å²) < 4.78 is 38.4. The zero-order valence-corrected chi connectivity index (χ0v) is 16.2. The molecule has 0 saturated carbocycles. The Bertz CT molecular complexity index is 1060. The first-order chi connectivity index (χ1) is 12.6. The molecule has 1 heterocycles. The van der Waals surface area contributed by atoms with Crippen LogP contribution in [0, 0.1) is 11.7 Å². The van der Waals surface area contributed by atoms with Gasteiger partial charge in [-0.25, -0.2) is 17.1 Å². The van der Waals surface area contributed by atoms with E-state index in [1.165, 1.54) is 37.3 Å². The van der Waals surface area contributed by atoms with Crippen LogP contribution in [0.2, 0.25) is 10.0 Å². The van der Waals surface area contributed by atoms with E-state index in [0.29, 0.717) is 4.31 Å². The molecule has 2 aromatic rings. The second-order valence-corrected chi connectivity index (χ2v) is 8.71. The lowest BCUT2D eigenvalue weighted by Gasteiger charge is -2.17. The van der Waals surface area contributed by atoms with Gasteiger partial charge in [0.05, 0.1) is 27.4 Å². The molecule has 1 fully saturated rings. The van der Waals surface area contributed by atoms with E-state index < -0.39 is 33.6 Å². The number of carbonyl (C=O) groups is 2. The number of nitrogens with zero attached hydrogens (tertiary/aromatic N) is 1. The second-order valence-electron chi connectivity index (χ2n) is 6.03. The predicted octanol–water partition coefficient (Wildman–Crippen LogP) is 3.70. The minimum absolute atomic E-state index is 0.0161. The standard InChI is InChI=1S/C17H13Cl2FN2O4S/c1-9-8-27(25,26)22(17(9)24)15-6-10(2-4-12(15)18)16(23)21-11-3-5-14(20)13(19)7-11/h2-7,9H,8H2,1H3,(H,21,23). The minimum Gasteiger partial charge on any atom is -0.322 e. The van der Waals surface area contributed by atoms with Gasteiger partial charge in [-0.15, -0.1) is 0 Å². The Morgan fingerprint density at radius 2 is 1.89 bits per heavy atom. The molecule has 1 atom stereocenters. The van der Waals surface area contributed by atoms with E-state index in [2.05, 4.69) is 5.32 Å². The van der Waals surface area contributed by atoms with E-state index in [-0.39, 0.29) is 32.7 Å². The summed E-state index contributed by atoms with van der Waals surface area (Å²) >= 11 is 11.8. The highest BCUT2D eigenvalue weighted by Gasteiger charge is 2.43. The first kappa shape index (κ1) is 19.6. The summed E-state index contributed by atoms with van der Waals surface area (Å²) in [6, 6.07) is 7.59.